The number of rotatable bonds is 6. The van der Waals surface area contributed by atoms with Gasteiger partial charge in [0.05, 0.1) is 7.11 Å². The van der Waals surface area contributed by atoms with E-state index >= 15 is 0 Å². The van der Waals surface area contributed by atoms with Crippen LogP contribution in [0.5, 0.6) is 0 Å². The summed E-state index contributed by atoms with van der Waals surface area (Å²) in [6.45, 7) is 0. The number of methoxy groups -OCH3 is 1. The molecule has 2 N–H and O–H groups in total. The average Bonchev–Trinajstić information content (AvgIpc) is 2.49. The lowest BCUT2D eigenvalue weighted by molar-refractivity contribution is -0.152. The Kier molecular flexibility index (Phi) is 4.34. The number of carbonyl (C=O) groups is 3. The third kappa shape index (κ3) is 3.21. The summed E-state index contributed by atoms with van der Waals surface area (Å²) in [6.07, 6.45) is 6.46. The van der Waals surface area contributed by atoms with Crippen LogP contribution in [0.25, 0.3) is 0 Å². The number of amides is 1. The number of ether oxygens (including phenoxy) is 1. The van der Waals surface area contributed by atoms with Crippen LogP contribution in [-0.4, -0.2) is 36.1 Å². The van der Waals surface area contributed by atoms with Gasteiger partial charge in [-0.1, -0.05) is 0 Å². The Morgan fingerprint density at radius 2 is 1.65 bits per heavy atom. The van der Waals surface area contributed by atoms with Gasteiger partial charge in [-0.3, -0.25) is 9.59 Å². The Bertz CT molecular complexity index is 480. The highest BCUT2D eigenvalue weighted by Crippen LogP contribution is 2.60. The molecule has 0 aromatic rings. The average molecular weight is 323 g/mol. The number of aliphatic carboxylic acids is 1. The van der Waals surface area contributed by atoms with E-state index in [0.29, 0.717) is 17.8 Å². The SMILES string of the molecule is COC(=O)CC[C@@H](NC(=O)C12CC3CC(CC(C3)C1)C2)C(=O)O. The minimum atomic E-state index is -1.09. The first-order valence-corrected chi connectivity index (χ1v) is 8.52. The monoisotopic (exact) mass is 323 g/mol. The largest absolute Gasteiger partial charge is 0.480 e. The minimum Gasteiger partial charge on any atom is -0.480 e. The summed E-state index contributed by atoms with van der Waals surface area (Å²) in [5.41, 5.74) is -0.367. The summed E-state index contributed by atoms with van der Waals surface area (Å²) in [4.78, 5) is 35.4. The van der Waals surface area contributed by atoms with E-state index in [9.17, 15) is 19.5 Å². The zero-order chi connectivity index (χ0) is 16.6. The maximum Gasteiger partial charge on any atom is 0.326 e. The van der Waals surface area contributed by atoms with Crippen LogP contribution >= 0.6 is 0 Å². The Morgan fingerprint density at radius 1 is 1.13 bits per heavy atom. The second-order valence-electron chi connectivity index (χ2n) is 7.68. The molecule has 0 aliphatic heterocycles. The minimum absolute atomic E-state index is 0.00534. The predicted molar refractivity (Wildman–Crippen MR) is 81.4 cm³/mol. The molecule has 0 unspecified atom stereocenters. The third-order valence-electron chi connectivity index (χ3n) is 5.99. The van der Waals surface area contributed by atoms with Crippen molar-refractivity contribution < 1.29 is 24.2 Å². The summed E-state index contributed by atoms with van der Waals surface area (Å²) in [5.74, 6) is 0.224. The van der Waals surface area contributed by atoms with E-state index in [1.54, 1.807) is 0 Å². The highest BCUT2D eigenvalue weighted by atomic mass is 16.5. The fourth-order valence-corrected chi connectivity index (χ4v) is 5.32. The van der Waals surface area contributed by atoms with E-state index in [0.717, 1.165) is 19.3 Å². The topological polar surface area (TPSA) is 92.7 Å². The molecule has 6 nitrogen and oxygen atoms in total. The van der Waals surface area contributed by atoms with Gasteiger partial charge in [0.25, 0.3) is 0 Å². The van der Waals surface area contributed by atoms with Crippen molar-refractivity contribution in [1.29, 1.82) is 0 Å². The number of esters is 1. The van der Waals surface area contributed by atoms with Crippen molar-refractivity contribution in [2.75, 3.05) is 7.11 Å². The van der Waals surface area contributed by atoms with Crippen molar-refractivity contribution in [3.05, 3.63) is 0 Å². The lowest BCUT2D eigenvalue weighted by Crippen LogP contribution is -2.56. The molecule has 0 aromatic heterocycles. The first-order valence-electron chi connectivity index (χ1n) is 8.52. The van der Waals surface area contributed by atoms with E-state index in [1.165, 1.54) is 26.4 Å². The standard InChI is InChI=1S/C17H25NO5/c1-23-14(19)3-2-13(15(20)21)18-16(22)17-7-10-4-11(8-17)6-12(5-10)9-17/h10-13H,2-9H2,1H3,(H,18,22)(H,20,21)/t10?,11?,12?,13-,17?/m1/s1. The number of carboxylic acids is 1. The Balaban J connectivity index is 1.65. The highest BCUT2D eigenvalue weighted by molar-refractivity contribution is 5.88. The molecule has 4 fully saturated rings. The summed E-state index contributed by atoms with van der Waals surface area (Å²) < 4.78 is 4.54. The van der Waals surface area contributed by atoms with Gasteiger partial charge in [0.1, 0.15) is 6.04 Å². The van der Waals surface area contributed by atoms with E-state index in [2.05, 4.69) is 10.1 Å². The molecule has 0 spiro atoms. The van der Waals surface area contributed by atoms with Gasteiger partial charge in [-0.25, -0.2) is 4.79 Å². The number of nitrogens with one attached hydrogen (secondary N) is 1. The third-order valence-corrected chi connectivity index (χ3v) is 5.99. The molecule has 0 aromatic carbocycles. The van der Waals surface area contributed by atoms with Crippen molar-refractivity contribution in [3.63, 3.8) is 0 Å². The van der Waals surface area contributed by atoms with Gasteiger partial charge in [0.15, 0.2) is 0 Å². The summed E-state index contributed by atoms with van der Waals surface area (Å²) >= 11 is 0. The highest BCUT2D eigenvalue weighted by Gasteiger charge is 2.54. The zero-order valence-corrected chi connectivity index (χ0v) is 13.5. The maximum atomic E-state index is 12.8. The molecule has 4 saturated carbocycles. The molecule has 1 atom stereocenters. The van der Waals surface area contributed by atoms with Crippen LogP contribution in [-0.2, 0) is 19.1 Å². The van der Waals surface area contributed by atoms with E-state index in [4.69, 9.17) is 0 Å². The molecule has 0 heterocycles. The van der Waals surface area contributed by atoms with Gasteiger partial charge < -0.3 is 15.2 Å². The Morgan fingerprint density at radius 3 is 2.09 bits per heavy atom. The predicted octanol–water partition coefficient (Wildman–Crippen LogP) is 1.73. The van der Waals surface area contributed by atoms with Crippen molar-refractivity contribution in [2.24, 2.45) is 23.2 Å². The van der Waals surface area contributed by atoms with Gasteiger partial charge in [0.2, 0.25) is 5.91 Å². The maximum absolute atomic E-state index is 12.8. The second-order valence-corrected chi connectivity index (χ2v) is 7.68. The van der Waals surface area contributed by atoms with Gasteiger partial charge >= 0.3 is 11.9 Å². The summed E-state index contributed by atoms with van der Waals surface area (Å²) in [6, 6.07) is -1.02. The van der Waals surface area contributed by atoms with Gasteiger partial charge in [-0.2, -0.15) is 0 Å². The fourth-order valence-electron chi connectivity index (χ4n) is 5.32. The van der Waals surface area contributed by atoms with Crippen molar-refractivity contribution in [3.8, 4) is 0 Å². The van der Waals surface area contributed by atoms with Crippen LogP contribution in [0.1, 0.15) is 51.4 Å². The molecular formula is C17H25NO5. The van der Waals surface area contributed by atoms with Crippen LogP contribution in [0, 0.1) is 23.2 Å². The van der Waals surface area contributed by atoms with E-state index in [1.807, 2.05) is 0 Å². The Labute approximate surface area is 136 Å². The molecule has 1 amide bonds. The molecule has 6 heteroatoms. The van der Waals surface area contributed by atoms with Gasteiger partial charge in [-0.05, 0) is 62.7 Å². The summed E-state index contributed by atoms with van der Waals surface area (Å²) in [5, 5.41) is 12.0. The fraction of sp³-hybridized carbons (Fsp3) is 0.824. The first-order chi connectivity index (χ1) is 10.9. The lowest BCUT2D eigenvalue weighted by Gasteiger charge is -2.55. The molecule has 128 valence electrons. The van der Waals surface area contributed by atoms with Crippen LogP contribution < -0.4 is 5.32 Å². The van der Waals surface area contributed by atoms with Crippen LogP contribution in [0.4, 0.5) is 0 Å². The van der Waals surface area contributed by atoms with Gasteiger partial charge in [0, 0.05) is 11.8 Å². The lowest BCUT2D eigenvalue weighted by atomic mass is 9.49. The molecule has 4 rings (SSSR count). The van der Waals surface area contributed by atoms with Crippen molar-refractivity contribution >= 4 is 17.8 Å². The smallest absolute Gasteiger partial charge is 0.326 e. The number of hydrogen-bond acceptors (Lipinski definition) is 4. The number of carboxylic acid groups (broad SMARTS) is 1. The Hall–Kier alpha value is -1.59. The quantitative estimate of drug-likeness (QED) is 0.726. The van der Waals surface area contributed by atoms with Gasteiger partial charge in [-0.15, -0.1) is 0 Å². The van der Waals surface area contributed by atoms with E-state index in [-0.39, 0.29) is 24.2 Å². The van der Waals surface area contributed by atoms with Crippen LogP contribution in [0.2, 0.25) is 0 Å². The molecular weight excluding hydrogens is 298 g/mol. The second kappa shape index (κ2) is 6.13. The number of hydrogen-bond donors (Lipinski definition) is 2. The van der Waals surface area contributed by atoms with Crippen molar-refractivity contribution in [2.45, 2.75) is 57.4 Å². The first kappa shape index (κ1) is 16.3. The molecule has 0 saturated heterocycles. The van der Waals surface area contributed by atoms with Crippen LogP contribution in [0.3, 0.4) is 0 Å². The molecule has 4 aliphatic rings. The molecule has 0 radical (unpaired) electrons. The zero-order valence-electron chi connectivity index (χ0n) is 13.5. The normalized spacial score (nSPS) is 35.6. The molecule has 4 bridgehead atoms. The van der Waals surface area contributed by atoms with E-state index < -0.39 is 18.0 Å². The summed E-state index contributed by atoms with van der Waals surface area (Å²) in [7, 11) is 1.27. The van der Waals surface area contributed by atoms with Crippen LogP contribution in [0.15, 0.2) is 0 Å². The molecule has 4 aliphatic carbocycles. The number of carbonyl (C=O) groups excluding carboxylic acids is 2. The molecule has 23 heavy (non-hydrogen) atoms. The van der Waals surface area contributed by atoms with Crippen molar-refractivity contribution in [1.82, 2.24) is 5.32 Å².